The number of carbonyl (C=O) groups excluding carboxylic acids is 2. The zero-order valence-electron chi connectivity index (χ0n) is 49.0. The van der Waals surface area contributed by atoms with Crippen LogP contribution in [0.4, 0.5) is 0 Å². The van der Waals surface area contributed by atoms with Crippen LogP contribution in [0.25, 0.3) is 0 Å². The fraction of sp³-hybridized carbons (Fsp3) is 0.692. The van der Waals surface area contributed by atoms with Gasteiger partial charge in [-0.1, -0.05) is 220 Å². The van der Waals surface area contributed by atoms with Gasteiger partial charge in [0.1, 0.15) is 19.3 Å². The molecule has 0 spiro atoms. The van der Waals surface area contributed by atoms with Crippen LogP contribution < -0.4 is 5.32 Å². The highest BCUT2D eigenvalue weighted by molar-refractivity contribution is 7.47. The number of hydrogen-bond donors (Lipinski definition) is 2. The van der Waals surface area contributed by atoms with Gasteiger partial charge in [-0.15, -0.1) is 0 Å². The van der Waals surface area contributed by atoms with E-state index in [-0.39, 0.29) is 37.9 Å². The average Bonchev–Trinajstić information content (AvgIpc) is 3.37. The van der Waals surface area contributed by atoms with Crippen LogP contribution in [-0.4, -0.2) is 74.3 Å². The molecule has 0 fully saturated rings. The van der Waals surface area contributed by atoms with E-state index in [0.29, 0.717) is 23.9 Å². The van der Waals surface area contributed by atoms with E-state index in [4.69, 9.17) is 13.8 Å². The van der Waals surface area contributed by atoms with Crippen molar-refractivity contribution in [2.24, 2.45) is 0 Å². The molecule has 9 nitrogen and oxygen atoms in total. The molecular formula is C65H114N2O7P+. The number of likely N-dealkylation sites (N-methyl/N-ethyl adjacent to an activating group) is 1. The standard InChI is InChI=1S/C65H113N2O7P/c1-7-10-13-16-19-22-25-28-30-32-33-35-36-39-42-45-48-51-54-57-64(68)66-62(61-73-75(70,71)72-60-59-67(4,5)6)63(56-53-50-47-44-41-38-27-24-21-18-15-12-9-3)74-65(69)58-55-52-49-46-43-40-37-34-31-29-26-23-20-17-14-11-8-2/h10,13,19-20,22-23,28-31,33,35,37,39-40,42,53,56,62-63H,7-9,11-12,14-18,21,24-27,32,34,36,38,41,43-52,54-55,57-61H2,1-6H3,(H-,66,68,70,71)/p+1/b13-10-,22-19-,23-20-,30-28-,31-29-,35-33-,40-37-,42-39-,56-53+. The van der Waals surface area contributed by atoms with Crippen molar-refractivity contribution in [3.8, 4) is 0 Å². The summed E-state index contributed by atoms with van der Waals surface area (Å²) in [6, 6.07) is -0.882. The summed E-state index contributed by atoms with van der Waals surface area (Å²) in [6.07, 6.45) is 73.7. The highest BCUT2D eigenvalue weighted by Gasteiger charge is 2.30. The fourth-order valence-corrected chi connectivity index (χ4v) is 8.77. The maximum atomic E-state index is 13.5. The number of esters is 1. The maximum absolute atomic E-state index is 13.5. The average molecular weight is 1070 g/mol. The minimum absolute atomic E-state index is 0.0240. The number of phosphoric ester groups is 1. The largest absolute Gasteiger partial charge is 0.472 e. The summed E-state index contributed by atoms with van der Waals surface area (Å²) in [7, 11) is 1.44. The molecule has 0 aromatic carbocycles. The van der Waals surface area contributed by atoms with Crippen molar-refractivity contribution in [2.45, 2.75) is 251 Å². The third-order valence-corrected chi connectivity index (χ3v) is 13.7. The van der Waals surface area contributed by atoms with E-state index in [1.54, 1.807) is 0 Å². The molecule has 0 saturated carbocycles. The van der Waals surface area contributed by atoms with E-state index in [1.165, 1.54) is 83.5 Å². The van der Waals surface area contributed by atoms with Gasteiger partial charge in [0, 0.05) is 12.8 Å². The van der Waals surface area contributed by atoms with Gasteiger partial charge >= 0.3 is 13.8 Å². The monoisotopic (exact) mass is 1070 g/mol. The number of phosphoric acid groups is 1. The number of unbranched alkanes of at least 4 members (excludes halogenated alkanes) is 21. The number of amides is 1. The molecule has 2 N–H and O–H groups in total. The van der Waals surface area contributed by atoms with Crippen LogP contribution in [0.15, 0.2) is 109 Å². The predicted molar refractivity (Wildman–Crippen MR) is 323 cm³/mol. The molecule has 0 radical (unpaired) electrons. The number of nitrogens with zero attached hydrogens (tertiary/aromatic N) is 1. The third kappa shape index (κ3) is 55.2. The van der Waals surface area contributed by atoms with Crippen molar-refractivity contribution in [3.63, 3.8) is 0 Å². The Hall–Kier alpha value is -3.33. The van der Waals surface area contributed by atoms with Crippen molar-refractivity contribution in [3.05, 3.63) is 109 Å². The smallest absolute Gasteiger partial charge is 0.456 e. The Morgan fingerprint density at radius 1 is 0.480 bits per heavy atom. The van der Waals surface area contributed by atoms with Crippen molar-refractivity contribution >= 4 is 19.7 Å². The predicted octanol–water partition coefficient (Wildman–Crippen LogP) is 18.6. The third-order valence-electron chi connectivity index (χ3n) is 12.7. The Labute approximate surface area is 461 Å². The van der Waals surface area contributed by atoms with Crippen LogP contribution in [0.1, 0.15) is 239 Å². The van der Waals surface area contributed by atoms with Gasteiger partial charge in [-0.3, -0.25) is 18.6 Å². The summed E-state index contributed by atoms with van der Waals surface area (Å²) in [4.78, 5) is 37.7. The van der Waals surface area contributed by atoms with E-state index >= 15 is 0 Å². The fourth-order valence-electron chi connectivity index (χ4n) is 8.03. The second-order valence-corrected chi connectivity index (χ2v) is 22.6. The van der Waals surface area contributed by atoms with Crippen LogP contribution in [0, 0.1) is 0 Å². The number of quaternary nitrogens is 1. The Morgan fingerprint density at radius 2 is 0.853 bits per heavy atom. The lowest BCUT2D eigenvalue weighted by molar-refractivity contribution is -0.870. The van der Waals surface area contributed by atoms with E-state index in [2.05, 4.69) is 123 Å². The summed E-state index contributed by atoms with van der Waals surface area (Å²) in [5.41, 5.74) is 0. The Morgan fingerprint density at radius 3 is 1.32 bits per heavy atom. The van der Waals surface area contributed by atoms with E-state index in [9.17, 15) is 19.0 Å². The Bertz CT molecular complexity index is 1650. The number of carbonyl (C=O) groups is 2. The second-order valence-electron chi connectivity index (χ2n) is 21.1. The molecule has 430 valence electrons. The first-order chi connectivity index (χ1) is 36.4. The molecule has 0 aromatic rings. The summed E-state index contributed by atoms with van der Waals surface area (Å²) >= 11 is 0. The van der Waals surface area contributed by atoms with Gasteiger partial charge in [0.2, 0.25) is 5.91 Å². The molecular weight excluding hydrogens is 952 g/mol. The lowest BCUT2D eigenvalue weighted by Crippen LogP contribution is -2.47. The highest BCUT2D eigenvalue weighted by Crippen LogP contribution is 2.43. The molecule has 0 saturated heterocycles. The first-order valence-electron chi connectivity index (χ1n) is 30.2. The minimum Gasteiger partial charge on any atom is -0.456 e. The molecule has 10 heteroatoms. The van der Waals surface area contributed by atoms with Gasteiger partial charge in [0.05, 0.1) is 33.8 Å². The van der Waals surface area contributed by atoms with Gasteiger partial charge in [-0.05, 0) is 115 Å². The quantitative estimate of drug-likeness (QED) is 0.0205. The Balaban J connectivity index is 5.44. The lowest BCUT2D eigenvalue weighted by atomic mass is 10.0. The molecule has 0 heterocycles. The van der Waals surface area contributed by atoms with Crippen molar-refractivity contribution < 1.29 is 37.3 Å². The molecule has 1 amide bonds. The molecule has 0 rings (SSSR count). The van der Waals surface area contributed by atoms with Gasteiger partial charge in [-0.2, -0.15) is 0 Å². The number of ether oxygens (including phenoxy) is 1. The van der Waals surface area contributed by atoms with E-state index < -0.39 is 20.0 Å². The molecule has 0 aromatic heterocycles. The van der Waals surface area contributed by atoms with E-state index in [0.717, 1.165) is 109 Å². The molecule has 75 heavy (non-hydrogen) atoms. The molecule has 0 aliphatic heterocycles. The van der Waals surface area contributed by atoms with Gasteiger partial charge in [0.25, 0.3) is 0 Å². The zero-order chi connectivity index (χ0) is 55.0. The first-order valence-corrected chi connectivity index (χ1v) is 31.7. The van der Waals surface area contributed by atoms with Crippen molar-refractivity contribution in [1.82, 2.24) is 5.32 Å². The zero-order valence-corrected chi connectivity index (χ0v) is 49.9. The van der Waals surface area contributed by atoms with Gasteiger partial charge in [-0.25, -0.2) is 4.57 Å². The van der Waals surface area contributed by atoms with Crippen LogP contribution in [0.3, 0.4) is 0 Å². The highest BCUT2D eigenvalue weighted by atomic mass is 31.2. The molecule has 0 bridgehead atoms. The van der Waals surface area contributed by atoms with Crippen molar-refractivity contribution in [1.29, 1.82) is 0 Å². The van der Waals surface area contributed by atoms with Crippen LogP contribution in [-0.2, 0) is 27.9 Å². The number of nitrogens with one attached hydrogen (secondary N) is 1. The number of allylic oxidation sites excluding steroid dienone is 17. The van der Waals surface area contributed by atoms with Crippen LogP contribution in [0.2, 0.25) is 0 Å². The maximum Gasteiger partial charge on any atom is 0.472 e. The summed E-state index contributed by atoms with van der Waals surface area (Å²) < 4.78 is 30.6. The topological polar surface area (TPSA) is 111 Å². The second kappa shape index (κ2) is 54.0. The minimum atomic E-state index is -4.47. The van der Waals surface area contributed by atoms with Gasteiger partial charge in [0.15, 0.2) is 0 Å². The normalized spacial score (nSPS) is 14.5. The lowest BCUT2D eigenvalue weighted by Gasteiger charge is -2.27. The van der Waals surface area contributed by atoms with Crippen LogP contribution in [0.5, 0.6) is 0 Å². The molecule has 0 aliphatic rings. The summed E-state index contributed by atoms with van der Waals surface area (Å²) in [5.74, 6) is -0.574. The van der Waals surface area contributed by atoms with E-state index in [1.807, 2.05) is 33.3 Å². The van der Waals surface area contributed by atoms with Gasteiger partial charge < -0.3 is 19.4 Å². The number of rotatable bonds is 53. The summed E-state index contributed by atoms with van der Waals surface area (Å²) in [5, 5.41) is 3.03. The summed E-state index contributed by atoms with van der Waals surface area (Å²) in [6.45, 7) is 6.82. The number of hydrogen-bond acceptors (Lipinski definition) is 6. The first kappa shape index (κ1) is 71.7. The molecule has 3 unspecified atom stereocenters. The Kier molecular flexibility index (Phi) is 51.6. The van der Waals surface area contributed by atoms with Crippen molar-refractivity contribution in [2.75, 3.05) is 40.9 Å². The molecule has 3 atom stereocenters. The van der Waals surface area contributed by atoms with Crippen LogP contribution >= 0.6 is 7.82 Å². The SMILES string of the molecule is CC/C=C\C/C=C\C/C=C\C/C=C\C/C=C\CCCCCC(=O)NC(COP(=O)(O)OCC[N+](C)(C)C)C(/C=C/CCCCCCCCCCCCC)OC(=O)CCCCCC/C=C\C/C=C\C/C=C\CCCCC. The molecule has 0 aliphatic carbocycles.